The van der Waals surface area contributed by atoms with Crippen LogP contribution in [0.5, 0.6) is 0 Å². The summed E-state index contributed by atoms with van der Waals surface area (Å²) < 4.78 is 5.65. The largest absolute Gasteiger partial charge is 0.376 e. The molecule has 2 unspecified atom stereocenters. The highest BCUT2D eigenvalue weighted by molar-refractivity contribution is 5.47. The van der Waals surface area contributed by atoms with Gasteiger partial charge in [-0.1, -0.05) is 12.1 Å². The first-order valence-corrected chi connectivity index (χ1v) is 6.35. The Hall–Kier alpha value is -1.06. The van der Waals surface area contributed by atoms with Gasteiger partial charge >= 0.3 is 0 Å². The van der Waals surface area contributed by atoms with Crippen LogP contribution in [0.25, 0.3) is 0 Å². The van der Waals surface area contributed by atoms with Crippen molar-refractivity contribution >= 4 is 5.69 Å². The molecule has 1 saturated heterocycles. The molecule has 0 saturated carbocycles. The van der Waals surface area contributed by atoms with Crippen molar-refractivity contribution in [2.24, 2.45) is 5.73 Å². The van der Waals surface area contributed by atoms with Gasteiger partial charge in [-0.2, -0.15) is 0 Å². The van der Waals surface area contributed by atoms with E-state index in [1.807, 2.05) is 6.92 Å². The molecule has 94 valence electrons. The molecule has 1 aliphatic rings. The van der Waals surface area contributed by atoms with E-state index in [0.717, 1.165) is 13.2 Å². The van der Waals surface area contributed by atoms with Gasteiger partial charge in [0.15, 0.2) is 0 Å². The summed E-state index contributed by atoms with van der Waals surface area (Å²) in [6.07, 6.45) is 2.78. The summed E-state index contributed by atoms with van der Waals surface area (Å²) >= 11 is 0. The van der Waals surface area contributed by atoms with E-state index in [0.29, 0.717) is 6.10 Å². The maximum absolute atomic E-state index is 5.84. The third-order valence-corrected chi connectivity index (χ3v) is 3.36. The quantitative estimate of drug-likeness (QED) is 0.869. The molecule has 0 bridgehead atoms. The number of hydrogen-bond donors (Lipinski definition) is 1. The molecule has 2 atom stereocenters. The van der Waals surface area contributed by atoms with E-state index in [-0.39, 0.29) is 6.04 Å². The lowest BCUT2D eigenvalue weighted by Crippen LogP contribution is -2.28. The Kier molecular flexibility index (Phi) is 4.02. The Morgan fingerprint density at radius 3 is 2.65 bits per heavy atom. The molecule has 1 aromatic rings. The minimum absolute atomic E-state index is 0.104. The van der Waals surface area contributed by atoms with Crippen molar-refractivity contribution < 1.29 is 4.74 Å². The highest BCUT2D eigenvalue weighted by atomic mass is 16.5. The average Bonchev–Trinajstić information content (AvgIpc) is 2.82. The summed E-state index contributed by atoms with van der Waals surface area (Å²) in [7, 11) is 2.11. The Balaban J connectivity index is 1.96. The number of hydrogen-bond acceptors (Lipinski definition) is 3. The fourth-order valence-corrected chi connectivity index (χ4v) is 2.23. The first-order valence-electron chi connectivity index (χ1n) is 6.35. The molecule has 0 aliphatic carbocycles. The van der Waals surface area contributed by atoms with E-state index in [1.54, 1.807) is 0 Å². The Morgan fingerprint density at radius 2 is 2.12 bits per heavy atom. The van der Waals surface area contributed by atoms with Crippen LogP contribution < -0.4 is 10.6 Å². The van der Waals surface area contributed by atoms with Crippen LogP contribution >= 0.6 is 0 Å². The van der Waals surface area contributed by atoms with Gasteiger partial charge < -0.3 is 15.4 Å². The van der Waals surface area contributed by atoms with Crippen molar-refractivity contribution in [1.82, 2.24) is 0 Å². The molecule has 0 amide bonds. The number of benzene rings is 1. The molecule has 0 spiro atoms. The second kappa shape index (κ2) is 5.52. The van der Waals surface area contributed by atoms with Gasteiger partial charge in [0.25, 0.3) is 0 Å². The lowest BCUT2D eigenvalue weighted by molar-refractivity contribution is 0.116. The summed E-state index contributed by atoms with van der Waals surface area (Å²) in [5.41, 5.74) is 8.24. The number of nitrogens with two attached hydrogens (primary N) is 1. The molecule has 0 aromatic heterocycles. The van der Waals surface area contributed by atoms with Crippen molar-refractivity contribution in [2.45, 2.75) is 31.9 Å². The molecule has 1 fully saturated rings. The van der Waals surface area contributed by atoms with Gasteiger partial charge in [0.1, 0.15) is 0 Å². The molecule has 2 rings (SSSR count). The lowest BCUT2D eigenvalue weighted by atomic mass is 10.1. The monoisotopic (exact) mass is 234 g/mol. The van der Waals surface area contributed by atoms with Gasteiger partial charge in [-0.05, 0) is 37.5 Å². The number of likely N-dealkylation sites (N-methyl/N-ethyl adjacent to an activating group) is 1. The van der Waals surface area contributed by atoms with Crippen LogP contribution in [0.4, 0.5) is 5.69 Å². The second-order valence-corrected chi connectivity index (χ2v) is 4.90. The van der Waals surface area contributed by atoms with Crippen LogP contribution in [0.2, 0.25) is 0 Å². The van der Waals surface area contributed by atoms with Crippen molar-refractivity contribution in [2.75, 3.05) is 25.1 Å². The summed E-state index contributed by atoms with van der Waals surface area (Å²) in [6, 6.07) is 8.58. The number of rotatable bonds is 4. The first-order chi connectivity index (χ1) is 8.16. The van der Waals surface area contributed by atoms with Gasteiger partial charge in [0, 0.05) is 31.9 Å². The highest BCUT2D eigenvalue weighted by Gasteiger charge is 2.17. The van der Waals surface area contributed by atoms with E-state index in [4.69, 9.17) is 10.5 Å². The van der Waals surface area contributed by atoms with Crippen molar-refractivity contribution in [1.29, 1.82) is 0 Å². The number of nitrogens with zero attached hydrogens (tertiary/aromatic N) is 1. The normalized spacial score (nSPS) is 21.5. The van der Waals surface area contributed by atoms with Gasteiger partial charge in [-0.3, -0.25) is 0 Å². The van der Waals surface area contributed by atoms with Gasteiger partial charge in [-0.15, -0.1) is 0 Å². The zero-order valence-electron chi connectivity index (χ0n) is 10.7. The molecular weight excluding hydrogens is 212 g/mol. The van der Waals surface area contributed by atoms with Crippen LogP contribution in [-0.4, -0.2) is 26.3 Å². The van der Waals surface area contributed by atoms with E-state index in [2.05, 4.69) is 36.2 Å². The van der Waals surface area contributed by atoms with Gasteiger partial charge in [0.2, 0.25) is 0 Å². The number of ether oxygens (including phenoxy) is 1. The minimum atomic E-state index is 0.104. The third-order valence-electron chi connectivity index (χ3n) is 3.36. The van der Waals surface area contributed by atoms with Crippen molar-refractivity contribution in [3.63, 3.8) is 0 Å². The SMILES string of the molecule is CC(N)c1ccc(N(C)CC2CCCO2)cc1. The standard InChI is InChI=1S/C14H22N2O/c1-11(15)12-5-7-13(8-6-12)16(2)10-14-4-3-9-17-14/h5-8,11,14H,3-4,9-10,15H2,1-2H3. The predicted molar refractivity (Wildman–Crippen MR) is 71.3 cm³/mol. The molecule has 2 N–H and O–H groups in total. The molecular formula is C14H22N2O. The van der Waals surface area contributed by atoms with Crippen LogP contribution in [0.3, 0.4) is 0 Å². The van der Waals surface area contributed by atoms with E-state index >= 15 is 0 Å². The maximum atomic E-state index is 5.84. The molecule has 0 radical (unpaired) electrons. The molecule has 1 aromatic carbocycles. The molecule has 1 aliphatic heterocycles. The highest BCUT2D eigenvalue weighted by Crippen LogP contribution is 2.20. The Morgan fingerprint density at radius 1 is 1.41 bits per heavy atom. The maximum Gasteiger partial charge on any atom is 0.0750 e. The fraction of sp³-hybridized carbons (Fsp3) is 0.571. The van der Waals surface area contributed by atoms with Crippen LogP contribution in [0.15, 0.2) is 24.3 Å². The summed E-state index contributed by atoms with van der Waals surface area (Å²) in [5, 5.41) is 0. The third kappa shape index (κ3) is 3.20. The smallest absolute Gasteiger partial charge is 0.0750 e. The lowest BCUT2D eigenvalue weighted by Gasteiger charge is -2.23. The Labute approximate surface area is 104 Å². The first kappa shape index (κ1) is 12.4. The zero-order chi connectivity index (χ0) is 12.3. The van der Waals surface area contributed by atoms with Crippen LogP contribution in [-0.2, 0) is 4.74 Å². The second-order valence-electron chi connectivity index (χ2n) is 4.90. The molecule has 3 heteroatoms. The predicted octanol–water partition coefficient (Wildman–Crippen LogP) is 2.32. The summed E-state index contributed by atoms with van der Waals surface area (Å²) in [5.74, 6) is 0. The molecule has 17 heavy (non-hydrogen) atoms. The minimum Gasteiger partial charge on any atom is -0.376 e. The Bertz CT molecular complexity index is 342. The van der Waals surface area contributed by atoms with Crippen molar-refractivity contribution in [3.8, 4) is 0 Å². The average molecular weight is 234 g/mol. The fourth-order valence-electron chi connectivity index (χ4n) is 2.23. The topological polar surface area (TPSA) is 38.5 Å². The molecule has 3 nitrogen and oxygen atoms in total. The van der Waals surface area contributed by atoms with Gasteiger partial charge in [0.05, 0.1) is 6.10 Å². The van der Waals surface area contributed by atoms with E-state index < -0.39 is 0 Å². The van der Waals surface area contributed by atoms with Gasteiger partial charge in [-0.25, -0.2) is 0 Å². The zero-order valence-corrected chi connectivity index (χ0v) is 10.7. The van der Waals surface area contributed by atoms with Crippen molar-refractivity contribution in [3.05, 3.63) is 29.8 Å². The summed E-state index contributed by atoms with van der Waals surface area (Å²) in [4.78, 5) is 2.25. The van der Waals surface area contributed by atoms with Crippen LogP contribution in [0.1, 0.15) is 31.4 Å². The molecule has 1 heterocycles. The number of anilines is 1. The summed E-state index contributed by atoms with van der Waals surface area (Å²) in [6.45, 7) is 3.89. The van der Waals surface area contributed by atoms with E-state index in [1.165, 1.54) is 24.1 Å². The van der Waals surface area contributed by atoms with E-state index in [9.17, 15) is 0 Å². The van der Waals surface area contributed by atoms with Crippen LogP contribution in [0, 0.1) is 0 Å².